The number of hydrogen-bond donors (Lipinski definition) is 0. The molecule has 6 heteroatoms. The Morgan fingerprint density at radius 1 is 1.31 bits per heavy atom. The second kappa shape index (κ2) is 4.80. The van der Waals surface area contributed by atoms with Crippen LogP contribution >= 0.6 is 46.1 Å². The normalized spacial score (nSPS) is 11.0. The van der Waals surface area contributed by atoms with Crippen molar-refractivity contribution in [3.63, 3.8) is 0 Å². The molecule has 0 amide bonds. The number of hydrogen-bond acceptors (Lipinski definition) is 3. The van der Waals surface area contributed by atoms with Gasteiger partial charge in [-0.2, -0.15) is 0 Å². The van der Waals surface area contributed by atoms with Gasteiger partial charge in [0, 0.05) is 10.1 Å². The van der Waals surface area contributed by atoms with E-state index < -0.39 is 11.0 Å². The van der Waals surface area contributed by atoms with Gasteiger partial charge >= 0.3 is 5.97 Å². The smallest absolute Gasteiger partial charge is 0.352 e. The van der Waals surface area contributed by atoms with Crippen LogP contribution in [-0.2, 0) is 4.74 Å². The van der Waals surface area contributed by atoms with E-state index in [1.165, 1.54) is 11.3 Å². The van der Waals surface area contributed by atoms with Gasteiger partial charge in [-0.15, -0.1) is 11.3 Å². The highest BCUT2D eigenvalue weighted by Gasteiger charge is 2.19. The quantitative estimate of drug-likeness (QED) is 0.603. The SMILES string of the molecule is O=C(OC(Cl)Cl)c1sc2ccccc2c1Cl. The third-order valence-corrected chi connectivity index (χ3v) is 3.75. The highest BCUT2D eigenvalue weighted by atomic mass is 35.5. The van der Waals surface area contributed by atoms with Gasteiger partial charge in [0.15, 0.2) is 0 Å². The molecule has 2 rings (SSSR count). The first-order valence-corrected chi connectivity index (χ1v) is 6.32. The molecule has 0 N–H and O–H groups in total. The van der Waals surface area contributed by atoms with Crippen LogP contribution < -0.4 is 0 Å². The van der Waals surface area contributed by atoms with E-state index in [2.05, 4.69) is 4.74 Å². The van der Waals surface area contributed by atoms with Crippen molar-refractivity contribution in [3.05, 3.63) is 34.2 Å². The van der Waals surface area contributed by atoms with Crippen molar-refractivity contribution < 1.29 is 9.53 Å². The first-order valence-electron chi connectivity index (χ1n) is 4.25. The molecule has 0 aliphatic rings. The van der Waals surface area contributed by atoms with E-state index in [0.29, 0.717) is 9.90 Å². The molecular weight excluding hydrogens is 291 g/mol. The van der Waals surface area contributed by atoms with Gasteiger partial charge < -0.3 is 4.74 Å². The third kappa shape index (κ3) is 2.28. The van der Waals surface area contributed by atoms with Gasteiger partial charge in [0.05, 0.1) is 5.02 Å². The van der Waals surface area contributed by atoms with Gasteiger partial charge in [0.2, 0.25) is 0 Å². The number of benzene rings is 1. The predicted molar refractivity (Wildman–Crippen MR) is 67.7 cm³/mol. The Labute approximate surface area is 111 Å². The summed E-state index contributed by atoms with van der Waals surface area (Å²) in [6, 6.07) is 7.43. The average Bonchev–Trinajstić information content (AvgIpc) is 2.56. The Hall–Kier alpha value is -0.480. The second-order valence-corrected chi connectivity index (χ2v) is 5.35. The number of carbonyl (C=O) groups is 1. The minimum Gasteiger partial charge on any atom is -0.427 e. The van der Waals surface area contributed by atoms with Crippen LogP contribution in [0.1, 0.15) is 9.67 Å². The molecule has 1 aromatic heterocycles. The summed E-state index contributed by atoms with van der Waals surface area (Å²) in [5.41, 5.74) is 0. The zero-order valence-corrected chi connectivity index (χ0v) is 10.8. The highest BCUT2D eigenvalue weighted by molar-refractivity contribution is 7.21. The fourth-order valence-corrected chi connectivity index (χ4v) is 2.83. The number of rotatable bonds is 2. The molecule has 0 atom stereocenters. The largest absolute Gasteiger partial charge is 0.427 e. The number of carbonyl (C=O) groups excluding carboxylic acids is 1. The van der Waals surface area contributed by atoms with Crippen LogP contribution in [0.25, 0.3) is 10.1 Å². The summed E-state index contributed by atoms with van der Waals surface area (Å²) >= 11 is 18.0. The van der Waals surface area contributed by atoms with Crippen LogP contribution in [0.5, 0.6) is 0 Å². The van der Waals surface area contributed by atoms with Crippen molar-refractivity contribution >= 4 is 62.2 Å². The summed E-state index contributed by atoms with van der Waals surface area (Å²) in [7, 11) is 0. The summed E-state index contributed by atoms with van der Waals surface area (Å²) < 4.78 is 5.58. The molecule has 0 radical (unpaired) electrons. The van der Waals surface area contributed by atoms with E-state index in [9.17, 15) is 4.79 Å². The van der Waals surface area contributed by atoms with Crippen LogP contribution in [-0.4, -0.2) is 11.0 Å². The van der Waals surface area contributed by atoms with Gasteiger partial charge in [0.25, 0.3) is 5.02 Å². The number of thiophene rings is 1. The van der Waals surface area contributed by atoms with Gasteiger partial charge in [-0.3, -0.25) is 0 Å². The van der Waals surface area contributed by atoms with Crippen LogP contribution in [0.4, 0.5) is 0 Å². The summed E-state index contributed by atoms with van der Waals surface area (Å²) in [6.07, 6.45) is 0. The lowest BCUT2D eigenvalue weighted by atomic mass is 10.2. The van der Waals surface area contributed by atoms with Crippen LogP contribution in [0.2, 0.25) is 5.02 Å². The summed E-state index contributed by atoms with van der Waals surface area (Å²) in [6.45, 7) is 0. The molecule has 0 bridgehead atoms. The monoisotopic (exact) mass is 294 g/mol. The fraction of sp³-hybridized carbons (Fsp3) is 0.100. The zero-order valence-electron chi connectivity index (χ0n) is 7.75. The van der Waals surface area contributed by atoms with Crippen molar-refractivity contribution in [1.82, 2.24) is 0 Å². The molecule has 16 heavy (non-hydrogen) atoms. The highest BCUT2D eigenvalue weighted by Crippen LogP contribution is 2.35. The van der Waals surface area contributed by atoms with Gasteiger partial charge in [-0.05, 0) is 6.07 Å². The van der Waals surface area contributed by atoms with Gasteiger partial charge in [0.1, 0.15) is 4.88 Å². The van der Waals surface area contributed by atoms with Crippen molar-refractivity contribution in [2.45, 2.75) is 5.02 Å². The van der Waals surface area contributed by atoms with Gasteiger partial charge in [-0.25, -0.2) is 4.79 Å². The Kier molecular flexibility index (Phi) is 3.60. The molecule has 2 nitrogen and oxygen atoms in total. The maximum absolute atomic E-state index is 11.6. The minimum absolute atomic E-state index is 0.314. The molecule has 1 heterocycles. The van der Waals surface area contributed by atoms with E-state index in [4.69, 9.17) is 34.8 Å². The molecule has 0 aliphatic carbocycles. The molecule has 0 saturated carbocycles. The lowest BCUT2D eigenvalue weighted by Gasteiger charge is -2.02. The molecule has 0 fully saturated rings. The van der Waals surface area contributed by atoms with Crippen LogP contribution in [0.3, 0.4) is 0 Å². The van der Waals surface area contributed by atoms with E-state index >= 15 is 0 Å². The Balaban J connectivity index is 2.45. The summed E-state index contributed by atoms with van der Waals surface area (Å²) in [5, 5.41) is 0.00942. The lowest BCUT2D eigenvalue weighted by molar-refractivity contribution is 0.0542. The number of halogens is 3. The molecule has 0 aliphatic heterocycles. The van der Waals surface area contributed by atoms with E-state index in [0.717, 1.165) is 10.1 Å². The second-order valence-electron chi connectivity index (χ2n) is 2.91. The van der Waals surface area contributed by atoms with Crippen molar-refractivity contribution in [2.24, 2.45) is 0 Å². The van der Waals surface area contributed by atoms with Gasteiger partial charge in [-0.1, -0.05) is 53.0 Å². The molecule has 0 unspecified atom stereocenters. The summed E-state index contributed by atoms with van der Waals surface area (Å²) in [4.78, 5) is 11.9. The maximum atomic E-state index is 11.6. The van der Waals surface area contributed by atoms with Crippen LogP contribution in [0, 0.1) is 0 Å². The average molecular weight is 296 g/mol. The molecule has 0 spiro atoms. The zero-order chi connectivity index (χ0) is 11.7. The van der Waals surface area contributed by atoms with Crippen molar-refractivity contribution in [2.75, 3.05) is 0 Å². The molecule has 84 valence electrons. The third-order valence-electron chi connectivity index (χ3n) is 1.92. The minimum atomic E-state index is -1.19. The predicted octanol–water partition coefficient (Wildman–Crippen LogP) is 4.47. The van der Waals surface area contributed by atoms with E-state index in [1.54, 1.807) is 0 Å². The molecular formula is C10H5Cl3O2S. The number of ether oxygens (including phenoxy) is 1. The Morgan fingerprint density at radius 2 is 2.00 bits per heavy atom. The summed E-state index contributed by atoms with van der Waals surface area (Å²) in [5.74, 6) is -0.610. The fourth-order valence-electron chi connectivity index (χ4n) is 1.28. The van der Waals surface area contributed by atoms with E-state index in [-0.39, 0.29) is 0 Å². The number of esters is 1. The Bertz CT molecular complexity index is 536. The first-order chi connectivity index (χ1) is 7.59. The van der Waals surface area contributed by atoms with Crippen molar-refractivity contribution in [1.29, 1.82) is 0 Å². The Morgan fingerprint density at radius 3 is 2.62 bits per heavy atom. The topological polar surface area (TPSA) is 26.3 Å². The van der Waals surface area contributed by atoms with E-state index in [1.807, 2.05) is 24.3 Å². The molecule has 1 aromatic carbocycles. The lowest BCUT2D eigenvalue weighted by Crippen LogP contribution is -2.06. The maximum Gasteiger partial charge on any atom is 0.352 e. The van der Waals surface area contributed by atoms with Crippen molar-refractivity contribution in [3.8, 4) is 0 Å². The molecule has 2 aromatic rings. The first kappa shape index (κ1) is 12.0. The van der Waals surface area contributed by atoms with Crippen LogP contribution in [0.15, 0.2) is 24.3 Å². The number of fused-ring (bicyclic) bond motifs is 1. The molecule has 0 saturated heterocycles. The standard InChI is InChI=1S/C10H5Cl3O2S/c11-7-5-3-1-2-4-6(5)16-8(7)9(14)15-10(12)13/h1-4,10H. The number of alkyl halides is 2.